The lowest BCUT2D eigenvalue weighted by Crippen LogP contribution is -2.39. The zero-order valence-electron chi connectivity index (χ0n) is 18.3. The zero-order valence-corrected chi connectivity index (χ0v) is 18.3. The lowest BCUT2D eigenvalue weighted by Gasteiger charge is -2.33. The first kappa shape index (κ1) is 20.8. The third-order valence-electron chi connectivity index (χ3n) is 5.64. The second kappa shape index (κ2) is 9.16. The number of aryl methyl sites for hydroxylation is 2. The SMILES string of the molecule is COc1ccc(Nc2cc(C)nc(C3CCCN(C(=O)c4ccc(C)nc4)C3)c2)cc1. The van der Waals surface area contributed by atoms with E-state index >= 15 is 0 Å². The van der Waals surface area contributed by atoms with E-state index < -0.39 is 0 Å². The summed E-state index contributed by atoms with van der Waals surface area (Å²) in [5.41, 5.74) is 5.53. The van der Waals surface area contributed by atoms with Crippen molar-refractivity contribution in [1.29, 1.82) is 0 Å². The van der Waals surface area contributed by atoms with Crippen LogP contribution in [0.15, 0.2) is 54.7 Å². The predicted octanol–water partition coefficient (Wildman–Crippen LogP) is 4.87. The number of pyridine rings is 2. The van der Waals surface area contributed by atoms with Gasteiger partial charge in [0, 0.05) is 53.7 Å². The van der Waals surface area contributed by atoms with Gasteiger partial charge in [0.15, 0.2) is 0 Å². The lowest BCUT2D eigenvalue weighted by molar-refractivity contribution is 0.0705. The van der Waals surface area contributed by atoms with E-state index in [1.54, 1.807) is 13.3 Å². The number of piperidine rings is 1. The van der Waals surface area contributed by atoms with Crippen molar-refractivity contribution < 1.29 is 9.53 Å². The van der Waals surface area contributed by atoms with E-state index in [-0.39, 0.29) is 11.8 Å². The first-order valence-electron chi connectivity index (χ1n) is 10.6. The summed E-state index contributed by atoms with van der Waals surface area (Å²) in [4.78, 5) is 24.0. The van der Waals surface area contributed by atoms with Crippen molar-refractivity contribution >= 4 is 17.3 Å². The van der Waals surface area contributed by atoms with Crippen LogP contribution in [0.4, 0.5) is 11.4 Å². The maximum Gasteiger partial charge on any atom is 0.255 e. The van der Waals surface area contributed by atoms with Gasteiger partial charge in [-0.25, -0.2) is 0 Å². The number of ether oxygens (including phenoxy) is 1. The molecule has 6 heteroatoms. The number of benzene rings is 1. The summed E-state index contributed by atoms with van der Waals surface area (Å²) in [7, 11) is 1.66. The van der Waals surface area contributed by atoms with E-state index in [4.69, 9.17) is 9.72 Å². The summed E-state index contributed by atoms with van der Waals surface area (Å²) < 4.78 is 5.23. The molecule has 1 saturated heterocycles. The fourth-order valence-corrected chi connectivity index (χ4v) is 4.00. The van der Waals surface area contributed by atoms with Crippen LogP contribution in [-0.4, -0.2) is 41.0 Å². The number of amides is 1. The smallest absolute Gasteiger partial charge is 0.255 e. The Bertz CT molecular complexity index is 1050. The minimum atomic E-state index is 0.0430. The monoisotopic (exact) mass is 416 g/mol. The molecule has 1 unspecified atom stereocenters. The van der Waals surface area contributed by atoms with Crippen LogP contribution < -0.4 is 10.1 Å². The van der Waals surface area contributed by atoms with Crippen molar-refractivity contribution in [2.75, 3.05) is 25.5 Å². The predicted molar refractivity (Wildman–Crippen MR) is 122 cm³/mol. The number of nitrogens with zero attached hydrogens (tertiary/aromatic N) is 3. The summed E-state index contributed by atoms with van der Waals surface area (Å²) in [6.07, 6.45) is 3.66. The van der Waals surface area contributed by atoms with Crippen LogP contribution in [0.3, 0.4) is 0 Å². The van der Waals surface area contributed by atoms with Gasteiger partial charge in [-0.3, -0.25) is 14.8 Å². The van der Waals surface area contributed by atoms with Crippen molar-refractivity contribution in [3.63, 3.8) is 0 Å². The normalized spacial score (nSPS) is 16.1. The Morgan fingerprint density at radius 1 is 1.06 bits per heavy atom. The number of anilines is 2. The Hall–Kier alpha value is -3.41. The summed E-state index contributed by atoms with van der Waals surface area (Å²) in [6, 6.07) is 15.7. The fourth-order valence-electron chi connectivity index (χ4n) is 4.00. The Balaban J connectivity index is 1.50. The molecule has 3 aromatic rings. The average Bonchev–Trinajstić information content (AvgIpc) is 2.79. The van der Waals surface area contributed by atoms with Gasteiger partial charge in [-0.05, 0) is 75.2 Å². The molecule has 1 aromatic carbocycles. The van der Waals surface area contributed by atoms with Crippen LogP contribution in [0.25, 0.3) is 0 Å². The van der Waals surface area contributed by atoms with Gasteiger partial charge in [0.1, 0.15) is 5.75 Å². The van der Waals surface area contributed by atoms with Gasteiger partial charge >= 0.3 is 0 Å². The average molecular weight is 417 g/mol. The molecule has 1 aliphatic heterocycles. The van der Waals surface area contributed by atoms with Gasteiger partial charge in [0.2, 0.25) is 0 Å². The summed E-state index contributed by atoms with van der Waals surface area (Å²) in [5.74, 6) is 1.08. The maximum atomic E-state index is 13.0. The van der Waals surface area contributed by atoms with E-state index in [1.807, 2.05) is 61.2 Å². The molecule has 1 fully saturated rings. The van der Waals surface area contributed by atoms with Gasteiger partial charge in [-0.15, -0.1) is 0 Å². The molecule has 6 nitrogen and oxygen atoms in total. The molecule has 1 amide bonds. The lowest BCUT2D eigenvalue weighted by atomic mass is 9.93. The number of carbonyl (C=O) groups excluding carboxylic acids is 1. The standard InChI is InChI=1S/C25H28N4O2/c1-17-6-7-19(15-26-17)25(30)29-12-4-5-20(16-29)24-14-22(13-18(2)27-24)28-21-8-10-23(31-3)11-9-21/h6-11,13-15,20H,4-5,12,16H2,1-3H3,(H,27,28). The van der Waals surface area contributed by atoms with Crippen LogP contribution in [0.1, 0.15) is 46.2 Å². The second-order valence-electron chi connectivity index (χ2n) is 8.05. The third kappa shape index (κ3) is 5.02. The molecule has 0 saturated carbocycles. The Morgan fingerprint density at radius 3 is 2.58 bits per heavy atom. The Kier molecular flexibility index (Phi) is 6.16. The number of carbonyl (C=O) groups is 1. The molecular formula is C25H28N4O2. The van der Waals surface area contributed by atoms with Crippen LogP contribution in [-0.2, 0) is 0 Å². The highest BCUT2D eigenvalue weighted by atomic mass is 16.5. The van der Waals surface area contributed by atoms with Crippen molar-refractivity contribution in [2.24, 2.45) is 0 Å². The molecule has 160 valence electrons. The van der Waals surface area contributed by atoms with Gasteiger partial charge in [0.05, 0.1) is 12.7 Å². The number of nitrogens with one attached hydrogen (secondary N) is 1. The number of hydrogen-bond acceptors (Lipinski definition) is 5. The highest BCUT2D eigenvalue weighted by molar-refractivity contribution is 5.94. The number of methoxy groups -OCH3 is 1. The van der Waals surface area contributed by atoms with Crippen LogP contribution in [0.5, 0.6) is 5.75 Å². The molecule has 0 bridgehead atoms. The van der Waals surface area contributed by atoms with Crippen molar-refractivity contribution in [3.8, 4) is 5.75 Å². The number of hydrogen-bond donors (Lipinski definition) is 1. The molecule has 31 heavy (non-hydrogen) atoms. The second-order valence-corrected chi connectivity index (χ2v) is 8.05. The molecule has 4 rings (SSSR count). The molecular weight excluding hydrogens is 388 g/mol. The molecule has 1 N–H and O–H groups in total. The topological polar surface area (TPSA) is 67.3 Å². The summed E-state index contributed by atoms with van der Waals surface area (Å²) in [6.45, 7) is 5.37. The zero-order chi connectivity index (χ0) is 21.8. The summed E-state index contributed by atoms with van der Waals surface area (Å²) in [5, 5.41) is 3.46. The summed E-state index contributed by atoms with van der Waals surface area (Å²) >= 11 is 0. The highest BCUT2D eigenvalue weighted by Crippen LogP contribution is 2.29. The molecule has 0 spiro atoms. The van der Waals surface area contributed by atoms with E-state index in [9.17, 15) is 4.79 Å². The van der Waals surface area contributed by atoms with Gasteiger partial charge in [0.25, 0.3) is 5.91 Å². The van der Waals surface area contributed by atoms with Crippen LogP contribution >= 0.6 is 0 Å². The number of rotatable bonds is 5. The Morgan fingerprint density at radius 2 is 1.87 bits per heavy atom. The van der Waals surface area contributed by atoms with E-state index in [0.29, 0.717) is 12.1 Å². The van der Waals surface area contributed by atoms with Gasteiger partial charge in [-0.1, -0.05) is 0 Å². The van der Waals surface area contributed by atoms with Gasteiger partial charge in [-0.2, -0.15) is 0 Å². The third-order valence-corrected chi connectivity index (χ3v) is 5.64. The van der Waals surface area contributed by atoms with Crippen molar-refractivity contribution in [1.82, 2.24) is 14.9 Å². The van der Waals surface area contributed by atoms with E-state index in [1.165, 1.54) is 0 Å². The van der Waals surface area contributed by atoms with Crippen molar-refractivity contribution in [2.45, 2.75) is 32.6 Å². The first-order valence-corrected chi connectivity index (χ1v) is 10.6. The highest BCUT2D eigenvalue weighted by Gasteiger charge is 2.27. The molecule has 0 radical (unpaired) electrons. The largest absolute Gasteiger partial charge is 0.497 e. The molecule has 1 aliphatic rings. The quantitative estimate of drug-likeness (QED) is 0.643. The minimum absolute atomic E-state index is 0.0430. The first-order chi connectivity index (χ1) is 15.0. The molecule has 1 atom stereocenters. The van der Waals surface area contributed by atoms with Crippen molar-refractivity contribution in [3.05, 3.63) is 77.4 Å². The molecule has 3 heterocycles. The van der Waals surface area contributed by atoms with E-state index in [2.05, 4.69) is 16.4 Å². The number of aromatic nitrogens is 2. The number of likely N-dealkylation sites (tertiary alicyclic amines) is 1. The Labute approximate surface area is 183 Å². The van der Waals surface area contributed by atoms with Gasteiger partial charge < -0.3 is 15.0 Å². The van der Waals surface area contributed by atoms with Crippen LogP contribution in [0.2, 0.25) is 0 Å². The molecule has 2 aromatic heterocycles. The maximum absolute atomic E-state index is 13.0. The van der Waals surface area contributed by atoms with E-state index in [0.717, 1.165) is 53.6 Å². The minimum Gasteiger partial charge on any atom is -0.497 e. The fraction of sp³-hybridized carbons (Fsp3) is 0.320. The molecule has 0 aliphatic carbocycles. The van der Waals surface area contributed by atoms with Crippen LogP contribution in [0, 0.1) is 13.8 Å².